The van der Waals surface area contributed by atoms with Crippen molar-refractivity contribution in [3.8, 4) is 0 Å². The van der Waals surface area contributed by atoms with Crippen LogP contribution in [0.15, 0.2) is 0 Å². The molecule has 0 rings (SSSR count). The Morgan fingerprint density at radius 2 is 0.794 bits per heavy atom. The van der Waals surface area contributed by atoms with E-state index >= 15 is 0 Å². The summed E-state index contributed by atoms with van der Waals surface area (Å²) in [5.74, 6) is -0.768. The molecule has 0 saturated heterocycles. The standard InChI is InChI=1S/C30H58O4/c1-2-3-4-5-6-7-8-9-10-11-12-13-14-15-16-19-22-25-28-34-30(33)27-24-21-18-17-20-23-26-29(31)32/h2-28H2,1H3,(H,31,32). The van der Waals surface area contributed by atoms with Gasteiger partial charge in [0.2, 0.25) is 0 Å². The number of aliphatic carboxylic acids is 1. The fourth-order valence-corrected chi connectivity index (χ4v) is 4.51. The Morgan fingerprint density at radius 1 is 0.471 bits per heavy atom. The average molecular weight is 483 g/mol. The average Bonchev–Trinajstić information content (AvgIpc) is 2.82. The highest BCUT2D eigenvalue weighted by atomic mass is 16.5. The molecule has 0 unspecified atom stereocenters. The molecular weight excluding hydrogens is 424 g/mol. The van der Waals surface area contributed by atoms with Crippen LogP contribution in [0.2, 0.25) is 0 Å². The first kappa shape index (κ1) is 32.9. The second-order valence-electron chi connectivity index (χ2n) is 10.2. The fourth-order valence-electron chi connectivity index (χ4n) is 4.51. The number of unbranched alkanes of at least 4 members (excludes halogenated alkanes) is 22. The number of carbonyl (C=O) groups excluding carboxylic acids is 1. The third-order valence-electron chi connectivity index (χ3n) is 6.78. The topological polar surface area (TPSA) is 63.6 Å². The van der Waals surface area contributed by atoms with E-state index in [9.17, 15) is 9.59 Å². The highest BCUT2D eigenvalue weighted by molar-refractivity contribution is 5.69. The van der Waals surface area contributed by atoms with Gasteiger partial charge in [0.15, 0.2) is 0 Å². The van der Waals surface area contributed by atoms with Crippen LogP contribution in [0.4, 0.5) is 0 Å². The first-order valence-corrected chi connectivity index (χ1v) is 15.0. The van der Waals surface area contributed by atoms with Gasteiger partial charge in [0.05, 0.1) is 6.61 Å². The lowest BCUT2D eigenvalue weighted by atomic mass is 10.0. The Kier molecular flexibility index (Phi) is 27.3. The molecule has 34 heavy (non-hydrogen) atoms. The van der Waals surface area contributed by atoms with Crippen molar-refractivity contribution in [2.24, 2.45) is 0 Å². The van der Waals surface area contributed by atoms with E-state index in [0.717, 1.165) is 44.9 Å². The van der Waals surface area contributed by atoms with Gasteiger partial charge in [-0.15, -0.1) is 0 Å². The van der Waals surface area contributed by atoms with Crippen LogP contribution < -0.4 is 0 Å². The van der Waals surface area contributed by atoms with Crippen molar-refractivity contribution < 1.29 is 19.4 Å². The van der Waals surface area contributed by atoms with Crippen LogP contribution in [-0.4, -0.2) is 23.7 Å². The highest BCUT2D eigenvalue weighted by Gasteiger charge is 2.03. The summed E-state index contributed by atoms with van der Waals surface area (Å²) in [6, 6.07) is 0. The molecule has 0 aliphatic rings. The Bertz CT molecular complexity index is 436. The number of carboxylic acids is 1. The van der Waals surface area contributed by atoms with Gasteiger partial charge in [0.25, 0.3) is 0 Å². The maximum Gasteiger partial charge on any atom is 0.305 e. The van der Waals surface area contributed by atoms with Gasteiger partial charge in [0, 0.05) is 12.8 Å². The van der Waals surface area contributed by atoms with Gasteiger partial charge in [-0.05, 0) is 19.3 Å². The molecule has 0 spiro atoms. The number of carbonyl (C=O) groups is 2. The molecule has 0 amide bonds. The second-order valence-corrected chi connectivity index (χ2v) is 10.2. The zero-order chi connectivity index (χ0) is 25.0. The van der Waals surface area contributed by atoms with E-state index in [2.05, 4.69) is 6.92 Å². The predicted octanol–water partition coefficient (Wildman–Crippen LogP) is 9.78. The summed E-state index contributed by atoms with van der Waals surface area (Å²) in [7, 11) is 0. The lowest BCUT2D eigenvalue weighted by molar-refractivity contribution is -0.144. The van der Waals surface area contributed by atoms with Gasteiger partial charge < -0.3 is 9.84 Å². The van der Waals surface area contributed by atoms with Crippen LogP contribution in [0.5, 0.6) is 0 Å². The van der Waals surface area contributed by atoms with E-state index in [4.69, 9.17) is 9.84 Å². The zero-order valence-electron chi connectivity index (χ0n) is 22.8. The predicted molar refractivity (Wildman–Crippen MR) is 144 cm³/mol. The van der Waals surface area contributed by atoms with Crippen molar-refractivity contribution >= 4 is 11.9 Å². The molecular formula is C30H58O4. The zero-order valence-corrected chi connectivity index (χ0v) is 22.8. The number of hydrogen-bond donors (Lipinski definition) is 1. The maximum atomic E-state index is 11.7. The summed E-state index contributed by atoms with van der Waals surface area (Å²) < 4.78 is 5.34. The van der Waals surface area contributed by atoms with Gasteiger partial charge >= 0.3 is 11.9 Å². The third-order valence-corrected chi connectivity index (χ3v) is 6.78. The molecule has 0 saturated carbocycles. The smallest absolute Gasteiger partial charge is 0.305 e. The van der Waals surface area contributed by atoms with E-state index in [1.165, 1.54) is 109 Å². The van der Waals surface area contributed by atoms with Crippen molar-refractivity contribution in [3.63, 3.8) is 0 Å². The molecule has 0 heterocycles. The van der Waals surface area contributed by atoms with Crippen molar-refractivity contribution in [2.45, 2.75) is 174 Å². The van der Waals surface area contributed by atoms with Crippen LogP contribution >= 0.6 is 0 Å². The first-order chi connectivity index (χ1) is 16.7. The number of ether oxygens (including phenoxy) is 1. The van der Waals surface area contributed by atoms with Crippen LogP contribution in [0, 0.1) is 0 Å². The molecule has 1 N–H and O–H groups in total. The summed E-state index contributed by atoms with van der Waals surface area (Å²) in [5, 5.41) is 8.59. The number of carboxylic acid groups (broad SMARTS) is 1. The van der Waals surface area contributed by atoms with Crippen molar-refractivity contribution in [1.82, 2.24) is 0 Å². The molecule has 0 aromatic rings. The van der Waals surface area contributed by atoms with E-state index < -0.39 is 5.97 Å². The summed E-state index contributed by atoms with van der Waals surface area (Å²) in [6.07, 6.45) is 31.1. The molecule has 0 radical (unpaired) electrons. The summed E-state index contributed by atoms with van der Waals surface area (Å²) in [4.78, 5) is 22.2. The van der Waals surface area contributed by atoms with E-state index in [-0.39, 0.29) is 12.4 Å². The fraction of sp³-hybridized carbons (Fsp3) is 0.933. The minimum Gasteiger partial charge on any atom is -0.481 e. The highest BCUT2D eigenvalue weighted by Crippen LogP contribution is 2.14. The van der Waals surface area contributed by atoms with Crippen LogP contribution in [0.1, 0.15) is 174 Å². The van der Waals surface area contributed by atoms with Gasteiger partial charge in [0.1, 0.15) is 0 Å². The lowest BCUT2D eigenvalue weighted by Gasteiger charge is -2.06. The lowest BCUT2D eigenvalue weighted by Crippen LogP contribution is -2.05. The Balaban J connectivity index is 3.14. The van der Waals surface area contributed by atoms with Gasteiger partial charge in [-0.1, -0.05) is 142 Å². The Hall–Kier alpha value is -1.06. The summed E-state index contributed by atoms with van der Waals surface area (Å²) in [5.41, 5.74) is 0. The van der Waals surface area contributed by atoms with E-state index in [0.29, 0.717) is 13.0 Å². The molecule has 4 heteroatoms. The number of hydrogen-bond acceptors (Lipinski definition) is 3. The quantitative estimate of drug-likeness (QED) is 0.0890. The minimum atomic E-state index is -0.711. The molecule has 0 aromatic heterocycles. The molecule has 202 valence electrons. The SMILES string of the molecule is CCCCCCCCCCCCCCCCCCCCOC(=O)CCCCCCCCC(=O)O. The first-order valence-electron chi connectivity index (χ1n) is 15.0. The van der Waals surface area contributed by atoms with Crippen molar-refractivity contribution in [2.75, 3.05) is 6.61 Å². The molecule has 0 aliphatic carbocycles. The van der Waals surface area contributed by atoms with Crippen LogP contribution in [0.3, 0.4) is 0 Å². The summed E-state index contributed by atoms with van der Waals surface area (Å²) >= 11 is 0. The van der Waals surface area contributed by atoms with Crippen molar-refractivity contribution in [3.05, 3.63) is 0 Å². The van der Waals surface area contributed by atoms with Crippen LogP contribution in [0.25, 0.3) is 0 Å². The number of rotatable bonds is 28. The van der Waals surface area contributed by atoms with Crippen LogP contribution in [-0.2, 0) is 14.3 Å². The largest absolute Gasteiger partial charge is 0.481 e. The second kappa shape index (κ2) is 28.2. The molecule has 0 bridgehead atoms. The third kappa shape index (κ3) is 29.0. The van der Waals surface area contributed by atoms with Gasteiger partial charge in [-0.25, -0.2) is 0 Å². The normalized spacial score (nSPS) is 11.1. The Labute approximate surface area is 212 Å². The van der Waals surface area contributed by atoms with Gasteiger partial charge in [-0.3, -0.25) is 9.59 Å². The maximum absolute atomic E-state index is 11.7. The number of esters is 1. The molecule has 0 aromatic carbocycles. The monoisotopic (exact) mass is 482 g/mol. The van der Waals surface area contributed by atoms with E-state index in [1.807, 2.05) is 0 Å². The van der Waals surface area contributed by atoms with Crippen molar-refractivity contribution in [1.29, 1.82) is 0 Å². The van der Waals surface area contributed by atoms with Gasteiger partial charge in [-0.2, -0.15) is 0 Å². The molecule has 0 atom stereocenters. The summed E-state index contributed by atoms with van der Waals surface area (Å²) in [6.45, 7) is 2.86. The minimum absolute atomic E-state index is 0.0575. The molecule has 0 fully saturated rings. The van der Waals surface area contributed by atoms with E-state index in [1.54, 1.807) is 0 Å². The molecule has 4 nitrogen and oxygen atoms in total. The molecule has 0 aliphatic heterocycles. The Morgan fingerprint density at radius 3 is 1.18 bits per heavy atom.